The van der Waals surface area contributed by atoms with E-state index in [-0.39, 0.29) is 11.0 Å². The maximum atomic E-state index is 11.3. The van der Waals surface area contributed by atoms with Crippen LogP contribution in [0, 0.1) is 6.92 Å². The zero-order valence-electron chi connectivity index (χ0n) is 12.8. The van der Waals surface area contributed by atoms with Crippen molar-refractivity contribution in [1.82, 2.24) is 4.98 Å². The number of aromatic carboxylic acids is 1. The fourth-order valence-corrected chi connectivity index (χ4v) is 2.22. The van der Waals surface area contributed by atoms with Crippen LogP contribution < -0.4 is 5.32 Å². The van der Waals surface area contributed by atoms with E-state index in [4.69, 9.17) is 0 Å². The molecule has 1 heterocycles. The fraction of sp³-hybridized carbons (Fsp3) is 0.294. The Labute approximate surface area is 124 Å². The molecule has 0 aliphatic heterocycles. The van der Waals surface area contributed by atoms with Crippen molar-refractivity contribution >= 4 is 17.3 Å². The van der Waals surface area contributed by atoms with Crippen LogP contribution in [0.25, 0.3) is 0 Å². The number of aryl methyl sites for hydroxylation is 1. The molecule has 21 heavy (non-hydrogen) atoms. The summed E-state index contributed by atoms with van der Waals surface area (Å²) >= 11 is 0. The van der Waals surface area contributed by atoms with E-state index in [0.29, 0.717) is 5.69 Å². The minimum absolute atomic E-state index is 0.0327. The van der Waals surface area contributed by atoms with Gasteiger partial charge in [-0.1, -0.05) is 39.0 Å². The normalized spacial score (nSPS) is 11.2. The van der Waals surface area contributed by atoms with Gasteiger partial charge in [-0.2, -0.15) is 0 Å². The monoisotopic (exact) mass is 284 g/mol. The second-order valence-electron chi connectivity index (χ2n) is 6.10. The van der Waals surface area contributed by atoms with Gasteiger partial charge in [0.05, 0.1) is 5.69 Å². The number of carbonyl (C=O) groups is 1. The highest BCUT2D eigenvalue weighted by atomic mass is 16.4. The molecule has 2 N–H and O–H groups in total. The first-order valence-corrected chi connectivity index (χ1v) is 6.85. The van der Waals surface area contributed by atoms with Crippen molar-refractivity contribution in [2.45, 2.75) is 33.1 Å². The predicted octanol–water partition coefficient (Wildman–Crippen LogP) is 4.13. The van der Waals surface area contributed by atoms with E-state index in [1.54, 1.807) is 6.07 Å². The van der Waals surface area contributed by atoms with Crippen LogP contribution in [0.3, 0.4) is 0 Å². The number of benzene rings is 1. The minimum atomic E-state index is -0.988. The number of hydrogen-bond acceptors (Lipinski definition) is 3. The summed E-state index contributed by atoms with van der Waals surface area (Å²) in [4.78, 5) is 15.4. The number of para-hydroxylation sites is 1. The lowest BCUT2D eigenvalue weighted by atomic mass is 9.85. The van der Waals surface area contributed by atoms with E-state index in [1.807, 2.05) is 25.1 Å². The maximum absolute atomic E-state index is 11.3. The molecule has 0 atom stereocenters. The van der Waals surface area contributed by atoms with E-state index in [9.17, 15) is 9.90 Å². The van der Waals surface area contributed by atoms with Gasteiger partial charge in [0, 0.05) is 17.6 Å². The summed E-state index contributed by atoms with van der Waals surface area (Å²) in [6, 6.07) is 9.69. The summed E-state index contributed by atoms with van der Waals surface area (Å²) in [6.07, 6.45) is 1.39. The van der Waals surface area contributed by atoms with Crippen molar-refractivity contribution < 1.29 is 9.90 Å². The van der Waals surface area contributed by atoms with Crippen LogP contribution in [0.15, 0.2) is 36.5 Å². The van der Waals surface area contributed by atoms with Gasteiger partial charge >= 0.3 is 5.97 Å². The molecule has 0 fully saturated rings. The largest absolute Gasteiger partial charge is 0.478 e. The van der Waals surface area contributed by atoms with Crippen LogP contribution in [-0.4, -0.2) is 16.1 Å². The molecule has 0 aliphatic rings. The number of pyridine rings is 1. The number of carboxylic acid groups (broad SMARTS) is 1. The number of rotatable bonds is 3. The van der Waals surface area contributed by atoms with Crippen LogP contribution in [0.1, 0.15) is 42.4 Å². The predicted molar refractivity (Wildman–Crippen MR) is 84.4 cm³/mol. The highest BCUT2D eigenvalue weighted by molar-refractivity contribution is 5.95. The average molecular weight is 284 g/mol. The van der Waals surface area contributed by atoms with E-state index in [0.717, 1.165) is 16.9 Å². The summed E-state index contributed by atoms with van der Waals surface area (Å²) in [5.74, 6) is -0.988. The SMILES string of the molecule is Cc1cc(Nc2ccccc2C(C)(C)C)c(C(=O)O)cn1. The lowest BCUT2D eigenvalue weighted by Crippen LogP contribution is -2.14. The first-order valence-electron chi connectivity index (χ1n) is 6.85. The molecule has 2 aromatic rings. The number of aromatic nitrogens is 1. The lowest BCUT2D eigenvalue weighted by molar-refractivity contribution is 0.0697. The molecule has 0 aliphatic carbocycles. The molecule has 0 unspecified atom stereocenters. The molecule has 110 valence electrons. The van der Waals surface area contributed by atoms with Gasteiger partial charge in [-0.25, -0.2) is 4.79 Å². The van der Waals surface area contributed by atoms with Crippen LogP contribution in [0.4, 0.5) is 11.4 Å². The standard InChI is InChI=1S/C17H20N2O2/c1-11-9-15(12(10-18-11)16(20)21)19-14-8-6-5-7-13(14)17(2,3)4/h5-10H,1-4H3,(H,18,19)(H,20,21). The van der Waals surface area contributed by atoms with Gasteiger partial charge in [0.25, 0.3) is 0 Å². The fourth-order valence-electron chi connectivity index (χ4n) is 2.22. The topological polar surface area (TPSA) is 62.2 Å². The molecule has 0 amide bonds. The smallest absolute Gasteiger partial charge is 0.339 e. The van der Waals surface area contributed by atoms with Crippen molar-refractivity contribution in [3.05, 3.63) is 53.3 Å². The molecule has 0 saturated heterocycles. The van der Waals surface area contributed by atoms with Gasteiger partial charge in [-0.3, -0.25) is 4.98 Å². The second kappa shape index (κ2) is 5.56. The molecule has 1 aromatic carbocycles. The number of nitrogens with zero attached hydrogens (tertiary/aromatic N) is 1. The van der Waals surface area contributed by atoms with Gasteiger partial charge in [-0.15, -0.1) is 0 Å². The third kappa shape index (κ3) is 3.40. The first kappa shape index (κ1) is 15.0. The Kier molecular flexibility index (Phi) is 3.98. The van der Waals surface area contributed by atoms with Crippen LogP contribution in [-0.2, 0) is 5.41 Å². The summed E-state index contributed by atoms with van der Waals surface area (Å²) < 4.78 is 0. The van der Waals surface area contributed by atoms with Crippen LogP contribution >= 0.6 is 0 Å². The molecule has 1 aromatic heterocycles. The number of nitrogens with one attached hydrogen (secondary N) is 1. The maximum Gasteiger partial charge on any atom is 0.339 e. The summed E-state index contributed by atoms with van der Waals surface area (Å²) in [7, 11) is 0. The molecule has 0 bridgehead atoms. The number of carboxylic acids is 1. The Balaban J connectivity index is 2.49. The van der Waals surface area contributed by atoms with E-state index < -0.39 is 5.97 Å². The van der Waals surface area contributed by atoms with Crippen molar-refractivity contribution in [1.29, 1.82) is 0 Å². The summed E-state index contributed by atoms with van der Waals surface area (Å²) in [6.45, 7) is 8.22. The van der Waals surface area contributed by atoms with Gasteiger partial charge in [0.15, 0.2) is 0 Å². The van der Waals surface area contributed by atoms with Gasteiger partial charge in [0.2, 0.25) is 0 Å². The zero-order valence-corrected chi connectivity index (χ0v) is 12.8. The van der Waals surface area contributed by atoms with Gasteiger partial charge in [-0.05, 0) is 30.0 Å². The summed E-state index contributed by atoms with van der Waals surface area (Å²) in [5.41, 5.74) is 3.52. The summed E-state index contributed by atoms with van der Waals surface area (Å²) in [5, 5.41) is 12.5. The second-order valence-corrected chi connectivity index (χ2v) is 6.10. The Morgan fingerprint density at radius 3 is 2.48 bits per heavy atom. The van der Waals surface area contributed by atoms with E-state index in [1.165, 1.54) is 6.20 Å². The minimum Gasteiger partial charge on any atom is -0.478 e. The first-order chi connectivity index (χ1) is 9.79. The highest BCUT2D eigenvalue weighted by Crippen LogP contribution is 2.32. The zero-order chi connectivity index (χ0) is 15.6. The number of hydrogen-bond donors (Lipinski definition) is 2. The molecule has 4 heteroatoms. The molecule has 0 spiro atoms. The number of anilines is 2. The third-order valence-electron chi connectivity index (χ3n) is 3.28. The van der Waals surface area contributed by atoms with Gasteiger partial charge in [0.1, 0.15) is 5.56 Å². The average Bonchev–Trinajstić information content (AvgIpc) is 2.37. The molecule has 0 radical (unpaired) electrons. The molecule has 0 saturated carbocycles. The molecule has 4 nitrogen and oxygen atoms in total. The third-order valence-corrected chi connectivity index (χ3v) is 3.28. The lowest BCUT2D eigenvalue weighted by Gasteiger charge is -2.23. The Morgan fingerprint density at radius 1 is 1.19 bits per heavy atom. The Hall–Kier alpha value is -2.36. The van der Waals surface area contributed by atoms with E-state index >= 15 is 0 Å². The van der Waals surface area contributed by atoms with Gasteiger partial charge < -0.3 is 10.4 Å². The molecule has 2 rings (SSSR count). The van der Waals surface area contributed by atoms with E-state index in [2.05, 4.69) is 37.1 Å². The Bertz CT molecular complexity index is 673. The quantitative estimate of drug-likeness (QED) is 0.889. The van der Waals surface area contributed by atoms with Crippen molar-refractivity contribution in [2.24, 2.45) is 0 Å². The highest BCUT2D eigenvalue weighted by Gasteiger charge is 2.19. The van der Waals surface area contributed by atoms with Crippen molar-refractivity contribution in [2.75, 3.05) is 5.32 Å². The Morgan fingerprint density at radius 2 is 1.86 bits per heavy atom. The van der Waals surface area contributed by atoms with Crippen molar-refractivity contribution in [3.63, 3.8) is 0 Å². The molecular formula is C17H20N2O2. The van der Waals surface area contributed by atoms with Crippen LogP contribution in [0.5, 0.6) is 0 Å². The molecular weight excluding hydrogens is 264 g/mol. The van der Waals surface area contributed by atoms with Crippen molar-refractivity contribution in [3.8, 4) is 0 Å². The van der Waals surface area contributed by atoms with Crippen LogP contribution in [0.2, 0.25) is 0 Å².